The average Bonchev–Trinajstić information content (AvgIpc) is 2.90. The van der Waals surface area contributed by atoms with Crippen molar-refractivity contribution < 1.29 is 4.74 Å². The second kappa shape index (κ2) is 5.26. The highest BCUT2D eigenvalue weighted by atomic mass is 16.5. The van der Waals surface area contributed by atoms with Crippen molar-refractivity contribution in [2.45, 2.75) is 13.5 Å². The molecule has 0 spiro atoms. The fraction of sp³-hybridized carbons (Fsp3) is 0.214. The summed E-state index contributed by atoms with van der Waals surface area (Å²) in [5.41, 5.74) is 8.17. The Hall–Kier alpha value is -2.47. The summed E-state index contributed by atoms with van der Waals surface area (Å²) in [7, 11) is 0. The van der Waals surface area contributed by atoms with Crippen LogP contribution in [0, 0.1) is 0 Å². The van der Waals surface area contributed by atoms with Gasteiger partial charge in [-0.2, -0.15) is 9.61 Å². The van der Waals surface area contributed by atoms with Crippen LogP contribution in [0.4, 0.5) is 0 Å². The van der Waals surface area contributed by atoms with Gasteiger partial charge in [0.15, 0.2) is 11.5 Å². The number of nitrogens with two attached hydrogens (primary N) is 1. The summed E-state index contributed by atoms with van der Waals surface area (Å²) in [6, 6.07) is 11.6. The summed E-state index contributed by atoms with van der Waals surface area (Å²) in [5.74, 6) is 1.50. The predicted molar refractivity (Wildman–Crippen MR) is 75.3 cm³/mol. The zero-order valence-electron chi connectivity index (χ0n) is 11.2. The number of ether oxygens (including phenoxy) is 1. The molecule has 0 unspecified atom stereocenters. The molecule has 0 aliphatic carbocycles. The standard InChI is InChI=1S/C14H15N5O/c1-2-20-11-5-3-10(4-6-11)12-7-8-13-16-17-14(9-15)19(13)18-12/h3-8H,2,9,15H2,1H3. The van der Waals surface area contributed by atoms with Crippen molar-refractivity contribution in [3.63, 3.8) is 0 Å². The third-order valence-electron chi connectivity index (χ3n) is 2.97. The molecule has 6 nitrogen and oxygen atoms in total. The van der Waals surface area contributed by atoms with Gasteiger partial charge in [0.1, 0.15) is 5.75 Å². The second-order valence-corrected chi connectivity index (χ2v) is 4.27. The van der Waals surface area contributed by atoms with Gasteiger partial charge in [-0.05, 0) is 43.3 Å². The quantitative estimate of drug-likeness (QED) is 0.779. The molecule has 0 aliphatic rings. The number of nitrogens with zero attached hydrogens (tertiary/aromatic N) is 4. The summed E-state index contributed by atoms with van der Waals surface area (Å²) in [5, 5.41) is 12.5. The predicted octanol–water partition coefficient (Wildman–Crippen LogP) is 1.65. The molecular weight excluding hydrogens is 254 g/mol. The van der Waals surface area contributed by atoms with E-state index in [1.54, 1.807) is 4.52 Å². The van der Waals surface area contributed by atoms with Crippen molar-refractivity contribution in [2.75, 3.05) is 6.61 Å². The molecule has 3 aromatic rings. The van der Waals surface area contributed by atoms with E-state index in [1.807, 2.05) is 43.3 Å². The lowest BCUT2D eigenvalue weighted by Crippen LogP contribution is -2.05. The Labute approximate surface area is 116 Å². The van der Waals surface area contributed by atoms with Crippen LogP contribution in [0.15, 0.2) is 36.4 Å². The highest BCUT2D eigenvalue weighted by Crippen LogP contribution is 2.21. The molecule has 2 N–H and O–H groups in total. The Kier molecular flexibility index (Phi) is 3.30. The lowest BCUT2D eigenvalue weighted by molar-refractivity contribution is 0.340. The van der Waals surface area contributed by atoms with E-state index in [-0.39, 0.29) is 0 Å². The Morgan fingerprint density at radius 2 is 1.90 bits per heavy atom. The fourth-order valence-corrected chi connectivity index (χ4v) is 2.00. The van der Waals surface area contributed by atoms with Gasteiger partial charge in [-0.3, -0.25) is 0 Å². The lowest BCUT2D eigenvalue weighted by Gasteiger charge is -2.05. The Morgan fingerprint density at radius 1 is 1.10 bits per heavy atom. The van der Waals surface area contributed by atoms with Crippen LogP contribution in [0.1, 0.15) is 12.7 Å². The van der Waals surface area contributed by atoms with E-state index in [1.165, 1.54) is 0 Å². The Balaban J connectivity index is 2.00. The summed E-state index contributed by atoms with van der Waals surface area (Å²) in [6.07, 6.45) is 0. The van der Waals surface area contributed by atoms with E-state index in [0.29, 0.717) is 24.6 Å². The van der Waals surface area contributed by atoms with E-state index >= 15 is 0 Å². The van der Waals surface area contributed by atoms with Gasteiger partial charge < -0.3 is 10.5 Å². The zero-order chi connectivity index (χ0) is 13.9. The first-order chi connectivity index (χ1) is 9.81. The van der Waals surface area contributed by atoms with Crippen LogP contribution in [-0.2, 0) is 6.54 Å². The maximum Gasteiger partial charge on any atom is 0.177 e. The maximum absolute atomic E-state index is 5.62. The summed E-state index contributed by atoms with van der Waals surface area (Å²) in [6.45, 7) is 2.93. The van der Waals surface area contributed by atoms with Crippen LogP contribution in [0.5, 0.6) is 5.75 Å². The minimum absolute atomic E-state index is 0.306. The molecule has 20 heavy (non-hydrogen) atoms. The normalized spacial score (nSPS) is 10.9. The molecule has 3 rings (SSSR count). The number of benzene rings is 1. The van der Waals surface area contributed by atoms with Gasteiger partial charge in [0, 0.05) is 5.56 Å². The van der Waals surface area contributed by atoms with Crippen LogP contribution < -0.4 is 10.5 Å². The average molecular weight is 269 g/mol. The molecule has 0 aliphatic heterocycles. The molecule has 0 amide bonds. The first kappa shape index (κ1) is 12.6. The van der Waals surface area contributed by atoms with Crippen LogP contribution >= 0.6 is 0 Å². The molecule has 2 aromatic heterocycles. The van der Waals surface area contributed by atoms with E-state index in [2.05, 4.69) is 15.3 Å². The minimum atomic E-state index is 0.306. The molecular formula is C14H15N5O. The van der Waals surface area contributed by atoms with Gasteiger partial charge in [-0.15, -0.1) is 10.2 Å². The van der Waals surface area contributed by atoms with E-state index in [9.17, 15) is 0 Å². The molecule has 1 aromatic carbocycles. The monoisotopic (exact) mass is 269 g/mol. The van der Waals surface area contributed by atoms with Crippen molar-refractivity contribution in [1.82, 2.24) is 19.8 Å². The van der Waals surface area contributed by atoms with Crippen LogP contribution in [0.3, 0.4) is 0 Å². The van der Waals surface area contributed by atoms with Gasteiger partial charge in [0.05, 0.1) is 18.8 Å². The van der Waals surface area contributed by atoms with Crippen molar-refractivity contribution in [3.8, 4) is 17.0 Å². The third kappa shape index (κ3) is 2.21. The molecule has 0 bridgehead atoms. The van der Waals surface area contributed by atoms with Gasteiger partial charge in [-0.1, -0.05) is 0 Å². The van der Waals surface area contributed by atoms with E-state index < -0.39 is 0 Å². The molecule has 0 saturated carbocycles. The molecule has 2 heterocycles. The number of aromatic nitrogens is 4. The van der Waals surface area contributed by atoms with Gasteiger partial charge >= 0.3 is 0 Å². The number of rotatable bonds is 4. The Bertz CT molecular complexity index is 720. The Morgan fingerprint density at radius 3 is 2.60 bits per heavy atom. The van der Waals surface area contributed by atoms with Gasteiger partial charge in [0.2, 0.25) is 0 Å². The maximum atomic E-state index is 5.62. The second-order valence-electron chi connectivity index (χ2n) is 4.27. The molecule has 0 fully saturated rings. The van der Waals surface area contributed by atoms with Crippen molar-refractivity contribution in [1.29, 1.82) is 0 Å². The SMILES string of the molecule is CCOc1ccc(-c2ccc3nnc(CN)n3n2)cc1. The molecule has 0 atom stereocenters. The van der Waals surface area contributed by atoms with E-state index in [4.69, 9.17) is 10.5 Å². The van der Waals surface area contributed by atoms with Gasteiger partial charge in [0.25, 0.3) is 0 Å². The highest BCUT2D eigenvalue weighted by Gasteiger charge is 2.07. The van der Waals surface area contributed by atoms with Crippen LogP contribution in [-0.4, -0.2) is 26.4 Å². The van der Waals surface area contributed by atoms with Crippen LogP contribution in [0.2, 0.25) is 0 Å². The highest BCUT2D eigenvalue weighted by molar-refractivity contribution is 5.61. The minimum Gasteiger partial charge on any atom is -0.494 e. The topological polar surface area (TPSA) is 78.3 Å². The molecule has 0 saturated heterocycles. The van der Waals surface area contributed by atoms with Crippen molar-refractivity contribution in [3.05, 3.63) is 42.2 Å². The van der Waals surface area contributed by atoms with E-state index in [0.717, 1.165) is 17.0 Å². The first-order valence-electron chi connectivity index (χ1n) is 6.46. The summed E-state index contributed by atoms with van der Waals surface area (Å²) < 4.78 is 7.10. The van der Waals surface area contributed by atoms with Crippen molar-refractivity contribution >= 4 is 5.65 Å². The smallest absolute Gasteiger partial charge is 0.177 e. The molecule has 102 valence electrons. The third-order valence-corrected chi connectivity index (χ3v) is 2.97. The largest absolute Gasteiger partial charge is 0.494 e. The lowest BCUT2D eigenvalue weighted by atomic mass is 10.1. The first-order valence-corrected chi connectivity index (χ1v) is 6.46. The van der Waals surface area contributed by atoms with Crippen molar-refractivity contribution in [2.24, 2.45) is 5.73 Å². The summed E-state index contributed by atoms with van der Waals surface area (Å²) in [4.78, 5) is 0. The summed E-state index contributed by atoms with van der Waals surface area (Å²) >= 11 is 0. The number of hydrogen-bond donors (Lipinski definition) is 1. The number of fused-ring (bicyclic) bond motifs is 1. The van der Waals surface area contributed by atoms with Gasteiger partial charge in [-0.25, -0.2) is 0 Å². The zero-order valence-corrected chi connectivity index (χ0v) is 11.2. The van der Waals surface area contributed by atoms with Crippen LogP contribution in [0.25, 0.3) is 16.9 Å². The molecule has 0 radical (unpaired) electrons. The fourth-order valence-electron chi connectivity index (χ4n) is 2.00. The molecule has 6 heteroatoms. The number of hydrogen-bond acceptors (Lipinski definition) is 5.